The van der Waals surface area contributed by atoms with Crippen molar-refractivity contribution in [1.29, 1.82) is 0 Å². The van der Waals surface area contributed by atoms with Crippen LogP contribution in [0.4, 0.5) is 0 Å². The number of amidine groups is 1. The van der Waals surface area contributed by atoms with Gasteiger partial charge in [-0.15, -0.1) is 5.10 Å². The monoisotopic (exact) mass is 299 g/mol. The van der Waals surface area contributed by atoms with E-state index in [1.54, 1.807) is 0 Å². The zero-order valence-corrected chi connectivity index (χ0v) is 11.1. The Kier molecular flexibility index (Phi) is 3.30. The molecule has 1 aromatic rings. The smallest absolute Gasteiger partial charge is 0.123 e. The number of nitrogens with zero attached hydrogens (tertiary/aromatic N) is 2. The number of nitrogens with two attached hydrogens (primary N) is 1. The van der Waals surface area contributed by atoms with Crippen LogP contribution in [0.5, 0.6) is 0 Å². The topological polar surface area (TPSA) is 50.7 Å². The maximum atomic E-state index is 5.90. The van der Waals surface area contributed by atoms with Crippen LogP contribution in [0.15, 0.2) is 32.9 Å². The van der Waals surface area contributed by atoms with E-state index in [9.17, 15) is 0 Å². The van der Waals surface area contributed by atoms with Gasteiger partial charge in [-0.05, 0) is 12.1 Å². The number of hydrogen-bond donors (Lipinski definition) is 1. The predicted molar refractivity (Wildman–Crippen MR) is 71.1 cm³/mol. The molecular weight excluding hydrogens is 289 g/mol. The van der Waals surface area contributed by atoms with E-state index < -0.39 is 0 Å². The van der Waals surface area contributed by atoms with Crippen molar-refractivity contribution in [1.82, 2.24) is 0 Å². The van der Waals surface area contributed by atoms with Gasteiger partial charge in [0.2, 0.25) is 0 Å². The molecule has 0 aromatic heterocycles. The summed E-state index contributed by atoms with van der Waals surface area (Å²) in [6, 6.07) is 5.64. The van der Waals surface area contributed by atoms with Crippen molar-refractivity contribution in [3.8, 4) is 0 Å². The molecule has 0 amide bonds. The molecule has 2 N–H and O–H groups in total. The lowest BCUT2D eigenvalue weighted by Crippen LogP contribution is -2.25. The molecule has 1 unspecified atom stereocenters. The fourth-order valence-corrected chi connectivity index (χ4v) is 2.57. The maximum Gasteiger partial charge on any atom is 0.123 e. The number of hydrogen-bond acceptors (Lipinski definition) is 3. The van der Waals surface area contributed by atoms with Crippen LogP contribution in [-0.4, -0.2) is 11.5 Å². The molecule has 0 fully saturated rings. The van der Waals surface area contributed by atoms with Crippen LogP contribution in [0.2, 0.25) is 5.02 Å². The molecular formula is C11H11BrClN3. The molecule has 0 aliphatic carbocycles. The van der Waals surface area contributed by atoms with Gasteiger partial charge in [-0.2, -0.15) is 5.10 Å². The van der Waals surface area contributed by atoms with Crippen LogP contribution in [0.1, 0.15) is 18.9 Å². The second-order valence-electron chi connectivity index (χ2n) is 3.81. The Labute approximate surface area is 108 Å². The highest BCUT2D eigenvalue weighted by atomic mass is 79.9. The van der Waals surface area contributed by atoms with Crippen LogP contribution < -0.4 is 5.73 Å². The second-order valence-corrected chi connectivity index (χ2v) is 5.10. The van der Waals surface area contributed by atoms with Crippen molar-refractivity contribution < 1.29 is 0 Å². The zero-order chi connectivity index (χ0) is 11.7. The van der Waals surface area contributed by atoms with E-state index in [0.717, 1.165) is 22.2 Å². The average molecular weight is 301 g/mol. The highest BCUT2D eigenvalue weighted by Crippen LogP contribution is 2.26. The van der Waals surface area contributed by atoms with Crippen molar-refractivity contribution >= 4 is 39.1 Å². The standard InChI is InChI=1S/C11H11BrClN3/c1-6-4-10(14)15-16-11(6)8-3-2-7(13)5-9(8)12/h2-3,5-6H,4H2,1H3,(H2,14,15). The fraction of sp³-hybridized carbons (Fsp3) is 0.273. The minimum absolute atomic E-state index is 0.273. The maximum absolute atomic E-state index is 5.90. The highest BCUT2D eigenvalue weighted by molar-refractivity contribution is 9.10. The van der Waals surface area contributed by atoms with E-state index in [1.165, 1.54) is 0 Å². The molecule has 2 rings (SSSR count). The summed E-state index contributed by atoms with van der Waals surface area (Å²) in [6.07, 6.45) is 0.744. The molecule has 0 bridgehead atoms. The summed E-state index contributed by atoms with van der Waals surface area (Å²) in [5.41, 5.74) is 7.60. The summed E-state index contributed by atoms with van der Waals surface area (Å²) in [6.45, 7) is 2.08. The molecule has 0 saturated heterocycles. The molecule has 1 aliphatic heterocycles. The number of benzene rings is 1. The number of rotatable bonds is 1. The lowest BCUT2D eigenvalue weighted by Gasteiger charge is -2.18. The normalized spacial score (nSPS) is 20.3. The zero-order valence-electron chi connectivity index (χ0n) is 8.74. The van der Waals surface area contributed by atoms with Gasteiger partial charge in [0.05, 0.1) is 5.71 Å². The first-order chi connectivity index (χ1) is 7.58. The molecule has 84 valence electrons. The van der Waals surface area contributed by atoms with Crippen LogP contribution >= 0.6 is 27.5 Å². The summed E-state index contributed by atoms with van der Waals surface area (Å²) in [5.74, 6) is 0.858. The fourth-order valence-electron chi connectivity index (χ4n) is 1.68. The molecule has 16 heavy (non-hydrogen) atoms. The lowest BCUT2D eigenvalue weighted by atomic mass is 9.94. The van der Waals surface area contributed by atoms with Crippen molar-refractivity contribution in [2.75, 3.05) is 0 Å². The Morgan fingerprint density at radius 2 is 2.19 bits per heavy atom. The van der Waals surface area contributed by atoms with E-state index in [-0.39, 0.29) is 5.92 Å². The van der Waals surface area contributed by atoms with Gasteiger partial charge in [-0.1, -0.05) is 40.5 Å². The van der Waals surface area contributed by atoms with Gasteiger partial charge in [0, 0.05) is 27.4 Å². The van der Waals surface area contributed by atoms with Crippen molar-refractivity contribution in [3.05, 3.63) is 33.3 Å². The van der Waals surface area contributed by atoms with Crippen molar-refractivity contribution in [2.24, 2.45) is 21.9 Å². The third-order valence-electron chi connectivity index (χ3n) is 2.48. The van der Waals surface area contributed by atoms with Crippen LogP contribution in [-0.2, 0) is 0 Å². The minimum atomic E-state index is 0.273. The Morgan fingerprint density at radius 1 is 1.44 bits per heavy atom. The number of halogens is 2. The molecule has 3 nitrogen and oxygen atoms in total. The van der Waals surface area contributed by atoms with Crippen LogP contribution in [0.3, 0.4) is 0 Å². The Bertz CT molecular complexity index is 482. The third kappa shape index (κ3) is 2.28. The minimum Gasteiger partial charge on any atom is -0.386 e. The van der Waals surface area contributed by atoms with Gasteiger partial charge < -0.3 is 5.73 Å². The van der Waals surface area contributed by atoms with Gasteiger partial charge in [0.1, 0.15) is 5.84 Å². The van der Waals surface area contributed by atoms with Crippen LogP contribution in [0.25, 0.3) is 0 Å². The summed E-state index contributed by atoms with van der Waals surface area (Å²) in [5, 5.41) is 8.79. The molecule has 1 atom stereocenters. The molecule has 1 aliphatic rings. The highest BCUT2D eigenvalue weighted by Gasteiger charge is 2.20. The van der Waals surface area contributed by atoms with Gasteiger partial charge >= 0.3 is 0 Å². The van der Waals surface area contributed by atoms with E-state index in [1.807, 2.05) is 18.2 Å². The van der Waals surface area contributed by atoms with Gasteiger partial charge in [-0.25, -0.2) is 0 Å². The predicted octanol–water partition coefficient (Wildman–Crippen LogP) is 3.20. The third-order valence-corrected chi connectivity index (χ3v) is 3.37. The summed E-state index contributed by atoms with van der Waals surface area (Å²) in [4.78, 5) is 0. The largest absolute Gasteiger partial charge is 0.386 e. The molecule has 0 radical (unpaired) electrons. The Balaban J connectivity index is 2.44. The lowest BCUT2D eigenvalue weighted by molar-refractivity contribution is 0.783. The van der Waals surface area contributed by atoms with E-state index in [4.69, 9.17) is 17.3 Å². The summed E-state index contributed by atoms with van der Waals surface area (Å²) < 4.78 is 0.932. The summed E-state index contributed by atoms with van der Waals surface area (Å²) >= 11 is 9.38. The van der Waals surface area contributed by atoms with Gasteiger partial charge in [0.15, 0.2) is 0 Å². The van der Waals surface area contributed by atoms with Gasteiger partial charge in [0.25, 0.3) is 0 Å². The van der Waals surface area contributed by atoms with Crippen LogP contribution in [0, 0.1) is 5.92 Å². The second kappa shape index (κ2) is 4.55. The SMILES string of the molecule is CC1CC(N)=NN=C1c1ccc(Cl)cc1Br. The van der Waals surface area contributed by atoms with Crippen molar-refractivity contribution in [2.45, 2.75) is 13.3 Å². The first kappa shape index (κ1) is 11.6. The average Bonchev–Trinajstić information content (AvgIpc) is 2.19. The molecule has 1 aromatic carbocycles. The Morgan fingerprint density at radius 3 is 2.81 bits per heavy atom. The quantitative estimate of drug-likeness (QED) is 0.850. The Hall–Kier alpha value is -0.870. The van der Waals surface area contributed by atoms with E-state index >= 15 is 0 Å². The van der Waals surface area contributed by atoms with Gasteiger partial charge in [-0.3, -0.25) is 0 Å². The summed E-state index contributed by atoms with van der Waals surface area (Å²) in [7, 11) is 0. The van der Waals surface area contributed by atoms with E-state index in [2.05, 4.69) is 33.1 Å². The van der Waals surface area contributed by atoms with Crippen molar-refractivity contribution in [3.63, 3.8) is 0 Å². The van der Waals surface area contributed by atoms with E-state index in [0.29, 0.717) is 10.9 Å². The molecule has 1 heterocycles. The molecule has 0 saturated carbocycles. The molecule has 0 spiro atoms. The first-order valence-corrected chi connectivity index (χ1v) is 6.10. The first-order valence-electron chi connectivity index (χ1n) is 4.93. The molecule has 5 heteroatoms.